The third kappa shape index (κ3) is 1.95. The van der Waals surface area contributed by atoms with Gasteiger partial charge in [-0.05, 0) is 18.9 Å². The Morgan fingerprint density at radius 3 is 2.86 bits per heavy atom. The molecule has 2 fully saturated rings. The maximum Gasteiger partial charge on any atom is 0.200 e. The Bertz CT molecular complexity index is 579. The number of hydrogen-bond donors (Lipinski definition) is 0. The number of fused-ring (bicyclic) bond motifs is 1. The lowest BCUT2D eigenvalue weighted by atomic mass is 9.60. The Morgan fingerprint density at radius 2 is 2.00 bits per heavy atom. The van der Waals surface area contributed by atoms with Crippen LogP contribution in [0, 0.1) is 5.41 Å². The smallest absolute Gasteiger partial charge is 0.200 e. The van der Waals surface area contributed by atoms with Gasteiger partial charge in [0, 0.05) is 23.8 Å². The Morgan fingerprint density at radius 1 is 1.19 bits per heavy atom. The molecule has 3 atom stereocenters. The maximum atomic E-state index is 12.7. The SMILES string of the molecule is O=C(C[C@@]12CCCC[C@@]13C=CO[C@@H](C2)O3)c1ccccc1. The van der Waals surface area contributed by atoms with E-state index in [0.29, 0.717) is 6.42 Å². The third-order valence-corrected chi connectivity index (χ3v) is 5.41. The summed E-state index contributed by atoms with van der Waals surface area (Å²) < 4.78 is 11.7. The molecule has 1 spiro atoms. The van der Waals surface area contributed by atoms with E-state index in [9.17, 15) is 4.79 Å². The van der Waals surface area contributed by atoms with Crippen LogP contribution in [-0.4, -0.2) is 17.7 Å². The number of ether oxygens (including phenoxy) is 2. The van der Waals surface area contributed by atoms with Crippen LogP contribution in [0.2, 0.25) is 0 Å². The Balaban J connectivity index is 1.66. The van der Waals surface area contributed by atoms with Gasteiger partial charge < -0.3 is 9.47 Å². The summed E-state index contributed by atoms with van der Waals surface area (Å²) in [5, 5.41) is 0. The van der Waals surface area contributed by atoms with Crippen molar-refractivity contribution >= 4 is 5.78 Å². The van der Waals surface area contributed by atoms with Crippen molar-refractivity contribution in [2.75, 3.05) is 0 Å². The summed E-state index contributed by atoms with van der Waals surface area (Å²) in [5.41, 5.74) is 0.438. The minimum Gasteiger partial charge on any atom is -0.473 e. The van der Waals surface area contributed by atoms with E-state index in [1.807, 2.05) is 30.3 Å². The summed E-state index contributed by atoms with van der Waals surface area (Å²) >= 11 is 0. The molecule has 0 unspecified atom stereocenters. The number of Topliss-reactive ketones (excluding diaryl/α,β-unsaturated/α-hetero) is 1. The fourth-order valence-electron chi connectivity index (χ4n) is 4.34. The fraction of sp³-hybridized carbons (Fsp3) is 0.500. The summed E-state index contributed by atoms with van der Waals surface area (Å²) in [7, 11) is 0. The van der Waals surface area contributed by atoms with E-state index in [1.165, 1.54) is 12.8 Å². The highest BCUT2D eigenvalue weighted by atomic mass is 16.7. The van der Waals surface area contributed by atoms with Gasteiger partial charge in [-0.25, -0.2) is 0 Å². The molecule has 3 heteroatoms. The van der Waals surface area contributed by atoms with Gasteiger partial charge in [-0.2, -0.15) is 0 Å². The standard InChI is InChI=1S/C18H20O3/c19-15(14-6-2-1-3-7-14)12-17-8-4-5-9-18(17)10-11-20-16(13-17)21-18/h1-3,6-7,10-11,16H,4-5,8-9,12-13H2/t16-,17-,18-/m1/s1. The Labute approximate surface area is 124 Å². The molecule has 1 aromatic rings. The predicted molar refractivity (Wildman–Crippen MR) is 78.7 cm³/mol. The first kappa shape index (κ1) is 13.1. The minimum atomic E-state index is -0.279. The van der Waals surface area contributed by atoms with Gasteiger partial charge in [0.15, 0.2) is 5.78 Å². The van der Waals surface area contributed by atoms with Crippen molar-refractivity contribution in [3.8, 4) is 0 Å². The van der Waals surface area contributed by atoms with E-state index in [2.05, 4.69) is 6.08 Å². The molecule has 110 valence electrons. The van der Waals surface area contributed by atoms with Gasteiger partial charge in [0.25, 0.3) is 0 Å². The molecule has 1 aromatic carbocycles. The predicted octanol–water partition coefficient (Wildman–Crippen LogP) is 3.85. The molecule has 2 heterocycles. The monoisotopic (exact) mass is 284 g/mol. The summed E-state index contributed by atoms with van der Waals surface area (Å²) in [6.45, 7) is 0. The van der Waals surface area contributed by atoms with Crippen molar-refractivity contribution in [2.24, 2.45) is 5.41 Å². The topological polar surface area (TPSA) is 35.5 Å². The van der Waals surface area contributed by atoms with Crippen LogP contribution in [0.5, 0.6) is 0 Å². The molecule has 4 rings (SSSR count). The lowest BCUT2D eigenvalue weighted by Crippen LogP contribution is -2.47. The number of benzene rings is 1. The van der Waals surface area contributed by atoms with Crippen molar-refractivity contribution in [2.45, 2.75) is 50.4 Å². The van der Waals surface area contributed by atoms with E-state index in [1.54, 1.807) is 6.26 Å². The maximum absolute atomic E-state index is 12.7. The first-order valence-electron chi connectivity index (χ1n) is 7.82. The molecule has 1 saturated carbocycles. The van der Waals surface area contributed by atoms with Crippen LogP contribution in [0.15, 0.2) is 42.7 Å². The number of rotatable bonds is 3. The summed E-state index contributed by atoms with van der Waals surface area (Å²) in [6.07, 6.45) is 9.46. The minimum absolute atomic E-state index is 0.0875. The zero-order valence-corrected chi connectivity index (χ0v) is 12.1. The van der Waals surface area contributed by atoms with E-state index in [0.717, 1.165) is 24.8 Å². The van der Waals surface area contributed by atoms with Crippen LogP contribution in [0.4, 0.5) is 0 Å². The van der Waals surface area contributed by atoms with E-state index >= 15 is 0 Å². The second-order valence-electron chi connectivity index (χ2n) is 6.53. The van der Waals surface area contributed by atoms with Gasteiger partial charge in [0.1, 0.15) is 0 Å². The molecule has 0 N–H and O–H groups in total. The van der Waals surface area contributed by atoms with Gasteiger partial charge in [-0.1, -0.05) is 43.2 Å². The summed E-state index contributed by atoms with van der Waals surface area (Å²) in [6, 6.07) is 9.60. The second-order valence-corrected chi connectivity index (χ2v) is 6.53. The Hall–Kier alpha value is -1.61. The van der Waals surface area contributed by atoms with E-state index in [4.69, 9.17) is 9.47 Å². The Kier molecular flexibility index (Phi) is 2.93. The molecular formula is C18H20O3. The lowest BCUT2D eigenvalue weighted by molar-refractivity contribution is -0.161. The van der Waals surface area contributed by atoms with Crippen LogP contribution in [0.25, 0.3) is 0 Å². The molecule has 0 aromatic heterocycles. The molecule has 3 nitrogen and oxygen atoms in total. The average Bonchev–Trinajstić information content (AvgIpc) is 2.74. The highest BCUT2D eigenvalue weighted by Gasteiger charge is 2.61. The van der Waals surface area contributed by atoms with E-state index < -0.39 is 0 Å². The number of carbonyl (C=O) groups is 1. The number of ketones is 1. The average molecular weight is 284 g/mol. The molecule has 3 aliphatic rings. The van der Waals surface area contributed by atoms with Gasteiger partial charge in [-0.15, -0.1) is 0 Å². The van der Waals surface area contributed by atoms with Gasteiger partial charge in [-0.3, -0.25) is 4.79 Å². The first-order chi connectivity index (χ1) is 10.2. The highest BCUT2D eigenvalue weighted by Crippen LogP contribution is 2.59. The first-order valence-corrected chi connectivity index (χ1v) is 7.82. The largest absolute Gasteiger partial charge is 0.473 e. The third-order valence-electron chi connectivity index (χ3n) is 5.41. The molecule has 0 amide bonds. The van der Waals surface area contributed by atoms with Crippen LogP contribution in [0.1, 0.15) is 48.9 Å². The van der Waals surface area contributed by atoms with Crippen LogP contribution >= 0.6 is 0 Å². The quantitative estimate of drug-likeness (QED) is 0.791. The molecule has 1 aliphatic carbocycles. The van der Waals surface area contributed by atoms with Gasteiger partial charge in [0.05, 0.1) is 11.9 Å². The number of carbonyl (C=O) groups excluding carboxylic acids is 1. The van der Waals surface area contributed by atoms with Crippen molar-refractivity contribution in [3.05, 3.63) is 48.2 Å². The van der Waals surface area contributed by atoms with E-state index in [-0.39, 0.29) is 23.1 Å². The van der Waals surface area contributed by atoms with Crippen LogP contribution in [-0.2, 0) is 9.47 Å². The summed E-state index contributed by atoms with van der Waals surface area (Å²) in [4.78, 5) is 12.7. The summed E-state index contributed by atoms with van der Waals surface area (Å²) in [5.74, 6) is 0.224. The van der Waals surface area contributed by atoms with Crippen molar-refractivity contribution in [1.82, 2.24) is 0 Å². The molecule has 21 heavy (non-hydrogen) atoms. The van der Waals surface area contributed by atoms with Crippen molar-refractivity contribution < 1.29 is 14.3 Å². The molecular weight excluding hydrogens is 264 g/mol. The molecule has 2 aliphatic heterocycles. The van der Waals surface area contributed by atoms with Crippen molar-refractivity contribution in [3.63, 3.8) is 0 Å². The van der Waals surface area contributed by atoms with Crippen LogP contribution < -0.4 is 0 Å². The zero-order chi connectivity index (χ0) is 14.3. The molecule has 2 bridgehead atoms. The normalized spacial score (nSPS) is 36.9. The molecule has 1 saturated heterocycles. The zero-order valence-electron chi connectivity index (χ0n) is 12.1. The van der Waals surface area contributed by atoms with Crippen molar-refractivity contribution in [1.29, 1.82) is 0 Å². The second kappa shape index (κ2) is 4.70. The molecule has 0 radical (unpaired) electrons. The highest BCUT2D eigenvalue weighted by molar-refractivity contribution is 5.96. The van der Waals surface area contributed by atoms with Gasteiger partial charge >= 0.3 is 0 Å². The van der Waals surface area contributed by atoms with Gasteiger partial charge in [0.2, 0.25) is 6.29 Å². The van der Waals surface area contributed by atoms with Crippen LogP contribution in [0.3, 0.4) is 0 Å². The number of hydrogen-bond acceptors (Lipinski definition) is 3. The fourth-order valence-corrected chi connectivity index (χ4v) is 4.34. The lowest BCUT2D eigenvalue weighted by Gasteiger charge is -2.46.